The number of benzene rings is 2. The van der Waals surface area contributed by atoms with Crippen LogP contribution in [0.2, 0.25) is 0 Å². The van der Waals surface area contributed by atoms with Crippen molar-refractivity contribution in [2.24, 2.45) is 0 Å². The average Bonchev–Trinajstić information content (AvgIpc) is 2.61. The average molecular weight is 352 g/mol. The summed E-state index contributed by atoms with van der Waals surface area (Å²) in [5, 5.41) is 2.93. The van der Waals surface area contributed by atoms with Crippen LogP contribution in [0.5, 0.6) is 0 Å². The number of ether oxygens (including phenoxy) is 1. The third kappa shape index (κ3) is 3.55. The molecule has 0 bridgehead atoms. The molecule has 6 nitrogen and oxygen atoms in total. The van der Waals surface area contributed by atoms with E-state index in [1.807, 2.05) is 0 Å². The molecule has 24 heavy (non-hydrogen) atoms. The molecule has 2 aromatic rings. The summed E-state index contributed by atoms with van der Waals surface area (Å²) < 4.78 is 43.7. The predicted molar refractivity (Wildman–Crippen MR) is 87.8 cm³/mol. The van der Waals surface area contributed by atoms with Gasteiger partial charge in [-0.15, -0.1) is 0 Å². The molecule has 0 atom stereocenters. The number of carbonyl (C=O) groups excluding carboxylic acids is 1. The molecule has 1 N–H and O–H groups in total. The van der Waals surface area contributed by atoms with Gasteiger partial charge >= 0.3 is 5.97 Å². The number of nitrogens with zero attached hydrogens (tertiary/aromatic N) is 1. The Balaban J connectivity index is 2.41. The van der Waals surface area contributed by atoms with Crippen molar-refractivity contribution in [2.75, 3.05) is 18.7 Å². The lowest BCUT2D eigenvalue weighted by Gasteiger charge is -2.17. The molecular formula is C16H17FN2O4S. The first kappa shape index (κ1) is 17.9. The third-order valence-electron chi connectivity index (χ3n) is 3.31. The van der Waals surface area contributed by atoms with Crippen molar-refractivity contribution < 1.29 is 22.4 Å². The van der Waals surface area contributed by atoms with E-state index in [9.17, 15) is 17.7 Å². The fourth-order valence-electron chi connectivity index (χ4n) is 2.11. The van der Waals surface area contributed by atoms with Crippen LogP contribution in [0.25, 0.3) is 0 Å². The van der Waals surface area contributed by atoms with Gasteiger partial charge in [-0.1, -0.05) is 33.3 Å². The maximum atomic E-state index is 14.6. The Kier molecular flexibility index (Phi) is 5.53. The minimum absolute atomic E-state index is 0.183. The van der Waals surface area contributed by atoms with Crippen LogP contribution >= 0.6 is 0 Å². The molecule has 2 rings (SSSR count). The quantitative estimate of drug-likeness (QED) is 0.638. The minimum Gasteiger partial charge on any atom is -0.465 e. The number of carbonyl (C=O) groups is 1. The molecule has 0 spiro atoms. The first-order valence-corrected chi connectivity index (χ1v) is 8.48. The molecule has 0 aliphatic heterocycles. The van der Waals surface area contributed by atoms with Crippen LogP contribution in [0.3, 0.4) is 0 Å². The van der Waals surface area contributed by atoms with E-state index in [1.165, 1.54) is 36.4 Å². The van der Waals surface area contributed by atoms with E-state index in [2.05, 4.69) is 10.1 Å². The number of hydrogen-bond donors (Lipinski definition) is 1. The zero-order valence-corrected chi connectivity index (χ0v) is 14.0. The Morgan fingerprint density at radius 3 is 2.38 bits per heavy atom. The van der Waals surface area contributed by atoms with Gasteiger partial charge in [0.2, 0.25) is 0 Å². The van der Waals surface area contributed by atoms with Crippen LogP contribution < -0.4 is 9.84 Å². The molecule has 0 saturated carbocycles. The van der Waals surface area contributed by atoms with Gasteiger partial charge in [-0.2, -0.15) is 8.42 Å². The summed E-state index contributed by atoms with van der Waals surface area (Å²) in [5.41, 5.74) is 0.276. The number of halogens is 1. The summed E-state index contributed by atoms with van der Waals surface area (Å²) >= 11 is 0. The standard InChI is InChI=1S/C16H17FN2O4S/c1-18-11-12-7-9-13(10-8-12)24(21,22)19(17)15-6-4-3-5-14(15)16(20)23-2/h3-10,18H,11H2,1-2H3. The second-order valence-electron chi connectivity index (χ2n) is 4.90. The van der Waals surface area contributed by atoms with E-state index in [1.54, 1.807) is 19.2 Å². The first-order chi connectivity index (χ1) is 11.4. The highest BCUT2D eigenvalue weighted by atomic mass is 32.2. The lowest BCUT2D eigenvalue weighted by atomic mass is 10.2. The fraction of sp³-hybridized carbons (Fsp3) is 0.188. The SMILES string of the molecule is CNCc1ccc(S(=O)(=O)N(F)c2ccccc2C(=O)OC)cc1. The molecule has 2 aromatic carbocycles. The number of hydrogen-bond acceptors (Lipinski definition) is 5. The van der Waals surface area contributed by atoms with Crippen molar-refractivity contribution in [2.45, 2.75) is 11.4 Å². The molecule has 8 heteroatoms. The lowest BCUT2D eigenvalue weighted by molar-refractivity contribution is 0.0601. The van der Waals surface area contributed by atoms with Gasteiger partial charge in [0, 0.05) is 6.54 Å². The molecule has 0 unspecified atom stereocenters. The molecule has 0 radical (unpaired) electrons. The molecule has 0 heterocycles. The maximum Gasteiger partial charge on any atom is 0.340 e. The topological polar surface area (TPSA) is 75.7 Å². The molecular weight excluding hydrogens is 335 g/mol. The van der Waals surface area contributed by atoms with E-state index in [0.717, 1.165) is 12.7 Å². The summed E-state index contributed by atoms with van der Waals surface area (Å²) in [6.07, 6.45) is 0. The van der Waals surface area contributed by atoms with Crippen molar-refractivity contribution in [3.8, 4) is 0 Å². The molecule has 0 aliphatic carbocycles. The number of rotatable bonds is 6. The van der Waals surface area contributed by atoms with Crippen molar-refractivity contribution in [3.05, 3.63) is 59.7 Å². The first-order valence-electron chi connectivity index (χ1n) is 7.03. The number of anilines is 1. The number of sulfonamides is 1. The molecule has 128 valence electrons. The van der Waals surface area contributed by atoms with E-state index >= 15 is 0 Å². The van der Waals surface area contributed by atoms with Gasteiger partial charge in [0.25, 0.3) is 10.0 Å². The van der Waals surface area contributed by atoms with Crippen LogP contribution in [0.1, 0.15) is 15.9 Å². The van der Waals surface area contributed by atoms with E-state index < -0.39 is 26.2 Å². The van der Waals surface area contributed by atoms with Crippen LogP contribution in [0.15, 0.2) is 53.4 Å². The van der Waals surface area contributed by atoms with Gasteiger partial charge in [-0.05, 0) is 36.9 Å². The van der Waals surface area contributed by atoms with Gasteiger partial charge < -0.3 is 10.1 Å². The summed E-state index contributed by atoms with van der Waals surface area (Å²) in [6, 6.07) is 11.2. The Morgan fingerprint density at radius 2 is 1.79 bits per heavy atom. The normalized spacial score (nSPS) is 11.1. The number of methoxy groups -OCH3 is 1. The Morgan fingerprint density at radius 1 is 1.17 bits per heavy atom. The van der Waals surface area contributed by atoms with Gasteiger partial charge in [0.15, 0.2) is 0 Å². The van der Waals surface area contributed by atoms with Gasteiger partial charge in [0.1, 0.15) is 5.69 Å². The van der Waals surface area contributed by atoms with Crippen LogP contribution in [-0.2, 0) is 21.3 Å². The predicted octanol–water partition coefficient (Wildman–Crippen LogP) is 2.27. The van der Waals surface area contributed by atoms with E-state index in [4.69, 9.17) is 0 Å². The molecule has 0 aliphatic rings. The minimum atomic E-state index is -4.45. The number of esters is 1. The smallest absolute Gasteiger partial charge is 0.340 e. The zero-order chi connectivity index (χ0) is 17.7. The summed E-state index contributed by atoms with van der Waals surface area (Å²) in [5.74, 6) is -0.826. The molecule has 0 fully saturated rings. The molecule has 0 saturated heterocycles. The van der Waals surface area contributed by atoms with Gasteiger partial charge in [-0.3, -0.25) is 0 Å². The summed E-state index contributed by atoms with van der Waals surface area (Å²) in [6.45, 7) is 0.560. The largest absolute Gasteiger partial charge is 0.465 e. The van der Waals surface area contributed by atoms with Crippen LogP contribution in [0, 0.1) is 0 Å². The zero-order valence-electron chi connectivity index (χ0n) is 13.2. The highest BCUT2D eigenvalue weighted by Crippen LogP contribution is 2.28. The lowest BCUT2D eigenvalue weighted by Crippen LogP contribution is -2.24. The van der Waals surface area contributed by atoms with Crippen LogP contribution in [0.4, 0.5) is 10.2 Å². The van der Waals surface area contributed by atoms with E-state index in [-0.39, 0.29) is 10.5 Å². The van der Waals surface area contributed by atoms with Crippen molar-refractivity contribution >= 4 is 21.7 Å². The van der Waals surface area contributed by atoms with Crippen molar-refractivity contribution in [1.29, 1.82) is 0 Å². The number of para-hydroxylation sites is 1. The molecule has 0 amide bonds. The van der Waals surface area contributed by atoms with Crippen molar-refractivity contribution in [3.63, 3.8) is 0 Å². The Bertz CT molecular complexity index is 822. The summed E-state index contributed by atoms with van der Waals surface area (Å²) in [7, 11) is -1.55. The maximum absolute atomic E-state index is 14.6. The second kappa shape index (κ2) is 7.41. The van der Waals surface area contributed by atoms with Gasteiger partial charge in [-0.25, -0.2) is 4.79 Å². The fourth-order valence-corrected chi connectivity index (χ4v) is 3.20. The van der Waals surface area contributed by atoms with Crippen LogP contribution in [-0.4, -0.2) is 28.5 Å². The van der Waals surface area contributed by atoms with E-state index in [0.29, 0.717) is 6.54 Å². The Hall–Kier alpha value is -2.45. The second-order valence-corrected chi connectivity index (χ2v) is 6.65. The highest BCUT2D eigenvalue weighted by molar-refractivity contribution is 7.92. The number of nitrogens with one attached hydrogen (secondary N) is 1. The summed E-state index contributed by atoms with van der Waals surface area (Å²) in [4.78, 5) is 11.5. The highest BCUT2D eigenvalue weighted by Gasteiger charge is 2.29. The van der Waals surface area contributed by atoms with Crippen molar-refractivity contribution in [1.82, 2.24) is 5.32 Å². The van der Waals surface area contributed by atoms with Gasteiger partial charge in [0.05, 0.1) is 17.6 Å². The Labute approximate surface area is 139 Å². The monoisotopic (exact) mass is 352 g/mol. The third-order valence-corrected chi connectivity index (χ3v) is 4.80. The molecule has 0 aromatic heterocycles.